The zero-order valence-corrected chi connectivity index (χ0v) is 11.3. The van der Waals surface area contributed by atoms with Crippen molar-refractivity contribution in [3.63, 3.8) is 0 Å². The zero-order valence-electron chi connectivity index (χ0n) is 11.3. The molecule has 0 atom stereocenters. The molecule has 4 nitrogen and oxygen atoms in total. The number of benzene rings is 2. The summed E-state index contributed by atoms with van der Waals surface area (Å²) in [5, 5.41) is 12.5. The normalized spacial score (nSPS) is 13.2. The summed E-state index contributed by atoms with van der Waals surface area (Å²) in [7, 11) is 1.74. The highest BCUT2D eigenvalue weighted by molar-refractivity contribution is 6.10. The van der Waals surface area contributed by atoms with E-state index in [1.54, 1.807) is 24.1 Å². The molecule has 0 unspecified atom stereocenters. The van der Waals surface area contributed by atoms with Crippen molar-refractivity contribution in [3.05, 3.63) is 53.6 Å². The van der Waals surface area contributed by atoms with Crippen molar-refractivity contribution in [2.24, 2.45) is 0 Å². The molecule has 0 fully saturated rings. The molecule has 2 aromatic carbocycles. The number of phenols is 1. The minimum absolute atomic E-state index is 0.0423. The summed E-state index contributed by atoms with van der Waals surface area (Å²) in [4.78, 5) is 14.5. The molecule has 4 heteroatoms. The number of anilines is 2. The molecule has 2 aromatic rings. The van der Waals surface area contributed by atoms with Crippen LogP contribution in [0.2, 0.25) is 0 Å². The number of hydrogen-bond donors (Lipinski definition) is 2. The lowest BCUT2D eigenvalue weighted by atomic mass is 10.1. The molecular weight excluding hydrogens is 252 g/mol. The maximum Gasteiger partial charge on any atom is 0.260 e. The Balaban J connectivity index is 1.99. The highest BCUT2D eigenvalue weighted by atomic mass is 16.3. The molecule has 0 aliphatic carbocycles. The van der Waals surface area contributed by atoms with Crippen molar-refractivity contribution in [2.75, 3.05) is 23.8 Å². The summed E-state index contributed by atoms with van der Waals surface area (Å²) in [6.07, 6.45) is 0.884. The van der Waals surface area contributed by atoms with Gasteiger partial charge in [-0.1, -0.05) is 18.2 Å². The van der Waals surface area contributed by atoms with Crippen LogP contribution < -0.4 is 10.2 Å². The van der Waals surface area contributed by atoms with Crippen LogP contribution in [-0.2, 0) is 6.42 Å². The quantitative estimate of drug-likeness (QED) is 0.880. The van der Waals surface area contributed by atoms with Crippen molar-refractivity contribution >= 4 is 17.3 Å². The number of para-hydroxylation sites is 1. The van der Waals surface area contributed by atoms with Crippen LogP contribution >= 0.6 is 0 Å². The molecule has 0 saturated heterocycles. The van der Waals surface area contributed by atoms with Crippen molar-refractivity contribution < 1.29 is 9.90 Å². The minimum atomic E-state index is -0.0423. The number of carbonyl (C=O) groups is 1. The van der Waals surface area contributed by atoms with Crippen molar-refractivity contribution in [1.29, 1.82) is 0 Å². The molecular formula is C16H16N2O2. The van der Waals surface area contributed by atoms with Gasteiger partial charge in [-0.05, 0) is 30.2 Å². The molecule has 1 heterocycles. The fraction of sp³-hybridized carbons (Fsp3) is 0.188. The van der Waals surface area contributed by atoms with E-state index >= 15 is 0 Å². The Labute approximate surface area is 117 Å². The average molecular weight is 268 g/mol. The third-order valence-corrected chi connectivity index (χ3v) is 3.64. The van der Waals surface area contributed by atoms with E-state index < -0.39 is 0 Å². The first-order valence-electron chi connectivity index (χ1n) is 6.61. The second kappa shape index (κ2) is 4.89. The SMILES string of the molecule is CNc1cc(O)ccc1C(=O)N1CCc2ccccc21. The summed E-state index contributed by atoms with van der Waals surface area (Å²) in [6, 6.07) is 12.7. The van der Waals surface area contributed by atoms with E-state index in [4.69, 9.17) is 0 Å². The predicted octanol–water partition coefficient (Wildman–Crippen LogP) is 2.64. The van der Waals surface area contributed by atoms with Crippen LogP contribution in [0.25, 0.3) is 0 Å². The second-order valence-corrected chi connectivity index (χ2v) is 4.82. The number of aromatic hydroxyl groups is 1. The second-order valence-electron chi connectivity index (χ2n) is 4.82. The first-order chi connectivity index (χ1) is 9.70. The maximum absolute atomic E-state index is 12.7. The van der Waals surface area contributed by atoms with E-state index in [-0.39, 0.29) is 11.7 Å². The molecule has 0 spiro atoms. The molecule has 2 N–H and O–H groups in total. The molecule has 0 aromatic heterocycles. The first-order valence-corrected chi connectivity index (χ1v) is 6.61. The van der Waals surface area contributed by atoms with Gasteiger partial charge in [-0.3, -0.25) is 4.79 Å². The minimum Gasteiger partial charge on any atom is -0.508 e. The Bertz CT molecular complexity index is 667. The van der Waals surface area contributed by atoms with Gasteiger partial charge >= 0.3 is 0 Å². The Morgan fingerprint density at radius 3 is 2.85 bits per heavy atom. The van der Waals surface area contributed by atoms with Crippen LogP contribution in [0.3, 0.4) is 0 Å². The number of phenolic OH excluding ortho intramolecular Hbond substituents is 1. The van der Waals surface area contributed by atoms with Gasteiger partial charge in [-0.2, -0.15) is 0 Å². The van der Waals surface area contributed by atoms with E-state index in [9.17, 15) is 9.90 Å². The molecule has 0 radical (unpaired) electrons. The van der Waals surface area contributed by atoms with E-state index in [2.05, 4.69) is 11.4 Å². The molecule has 0 bridgehead atoms. The largest absolute Gasteiger partial charge is 0.508 e. The zero-order chi connectivity index (χ0) is 14.1. The summed E-state index contributed by atoms with van der Waals surface area (Å²) in [5.74, 6) is 0.104. The third-order valence-electron chi connectivity index (χ3n) is 3.64. The van der Waals surface area contributed by atoms with E-state index in [0.717, 1.165) is 12.1 Å². The van der Waals surface area contributed by atoms with Gasteiger partial charge in [0, 0.05) is 25.3 Å². The van der Waals surface area contributed by atoms with Gasteiger partial charge in [-0.25, -0.2) is 0 Å². The Morgan fingerprint density at radius 2 is 2.05 bits per heavy atom. The van der Waals surface area contributed by atoms with Crippen LogP contribution in [0.5, 0.6) is 5.75 Å². The fourth-order valence-corrected chi connectivity index (χ4v) is 2.62. The van der Waals surface area contributed by atoms with Gasteiger partial charge in [0.05, 0.1) is 11.3 Å². The number of nitrogens with zero attached hydrogens (tertiary/aromatic N) is 1. The van der Waals surface area contributed by atoms with Gasteiger partial charge in [0.15, 0.2) is 0 Å². The highest BCUT2D eigenvalue weighted by Gasteiger charge is 2.26. The Morgan fingerprint density at radius 1 is 1.25 bits per heavy atom. The number of fused-ring (bicyclic) bond motifs is 1. The Hall–Kier alpha value is -2.49. The number of hydrogen-bond acceptors (Lipinski definition) is 3. The highest BCUT2D eigenvalue weighted by Crippen LogP contribution is 2.31. The topological polar surface area (TPSA) is 52.6 Å². The lowest BCUT2D eigenvalue weighted by Gasteiger charge is -2.19. The lowest BCUT2D eigenvalue weighted by molar-refractivity contribution is 0.0990. The summed E-state index contributed by atoms with van der Waals surface area (Å²) in [6.45, 7) is 0.697. The maximum atomic E-state index is 12.7. The van der Waals surface area contributed by atoms with E-state index in [0.29, 0.717) is 17.8 Å². The summed E-state index contributed by atoms with van der Waals surface area (Å²) < 4.78 is 0. The predicted molar refractivity (Wildman–Crippen MR) is 79.5 cm³/mol. The van der Waals surface area contributed by atoms with Gasteiger partial charge in [-0.15, -0.1) is 0 Å². The van der Waals surface area contributed by atoms with Gasteiger partial charge < -0.3 is 15.3 Å². The van der Waals surface area contributed by atoms with Gasteiger partial charge in [0.2, 0.25) is 0 Å². The molecule has 1 aliphatic heterocycles. The van der Waals surface area contributed by atoms with Gasteiger partial charge in [0.1, 0.15) is 5.75 Å². The average Bonchev–Trinajstić information content (AvgIpc) is 2.90. The number of carbonyl (C=O) groups excluding carboxylic acids is 1. The van der Waals surface area contributed by atoms with E-state index in [1.807, 2.05) is 18.2 Å². The molecule has 3 rings (SSSR count). The smallest absolute Gasteiger partial charge is 0.260 e. The van der Waals surface area contributed by atoms with Crippen molar-refractivity contribution in [2.45, 2.75) is 6.42 Å². The summed E-state index contributed by atoms with van der Waals surface area (Å²) in [5.41, 5.74) is 3.39. The third kappa shape index (κ3) is 1.99. The van der Waals surface area contributed by atoms with Crippen LogP contribution in [0.4, 0.5) is 11.4 Å². The Kier molecular flexibility index (Phi) is 3.06. The van der Waals surface area contributed by atoms with Crippen LogP contribution in [0, 0.1) is 0 Å². The first kappa shape index (κ1) is 12.5. The molecule has 1 amide bonds. The number of amides is 1. The molecule has 102 valence electrons. The monoisotopic (exact) mass is 268 g/mol. The van der Waals surface area contributed by atoms with Crippen LogP contribution in [0.1, 0.15) is 15.9 Å². The van der Waals surface area contributed by atoms with Gasteiger partial charge in [0.25, 0.3) is 5.91 Å². The van der Waals surface area contributed by atoms with Crippen molar-refractivity contribution in [3.8, 4) is 5.75 Å². The molecule has 20 heavy (non-hydrogen) atoms. The fourth-order valence-electron chi connectivity index (χ4n) is 2.62. The van der Waals surface area contributed by atoms with Crippen molar-refractivity contribution in [1.82, 2.24) is 0 Å². The molecule has 1 aliphatic rings. The lowest BCUT2D eigenvalue weighted by Crippen LogP contribution is -2.29. The molecule has 0 saturated carbocycles. The van der Waals surface area contributed by atoms with E-state index in [1.165, 1.54) is 11.6 Å². The van der Waals surface area contributed by atoms with Crippen LogP contribution in [0.15, 0.2) is 42.5 Å². The van der Waals surface area contributed by atoms with Crippen LogP contribution in [-0.4, -0.2) is 24.6 Å². The number of rotatable bonds is 2. The number of nitrogens with one attached hydrogen (secondary N) is 1. The standard InChI is InChI=1S/C16H16N2O2/c1-17-14-10-12(19)6-7-13(14)16(20)18-9-8-11-4-2-3-5-15(11)18/h2-7,10,17,19H,8-9H2,1H3. The summed E-state index contributed by atoms with van der Waals surface area (Å²) >= 11 is 0.